The normalized spacial score (nSPS) is 16.2. The molecule has 2 amide bonds. The van der Waals surface area contributed by atoms with Crippen molar-refractivity contribution in [3.05, 3.63) is 29.3 Å². The Balaban J connectivity index is 2.61. The number of aromatic carboxylic acids is 1. The van der Waals surface area contributed by atoms with Crippen molar-refractivity contribution in [2.24, 2.45) is 5.73 Å². The van der Waals surface area contributed by atoms with Crippen LogP contribution in [0.25, 0.3) is 0 Å². The number of rotatable bonds is 3. The second-order valence-corrected chi connectivity index (χ2v) is 5.63. The van der Waals surface area contributed by atoms with Crippen molar-refractivity contribution in [2.75, 3.05) is 6.54 Å². The molecule has 1 aromatic carbocycles. The highest BCUT2D eigenvalue weighted by Crippen LogP contribution is 2.30. The van der Waals surface area contributed by atoms with Gasteiger partial charge < -0.3 is 10.8 Å². The summed E-state index contributed by atoms with van der Waals surface area (Å²) >= 11 is 0. The van der Waals surface area contributed by atoms with Gasteiger partial charge in [-0.25, -0.2) is 17.5 Å². The molecule has 2 rings (SSSR count). The number of nitrogens with two attached hydrogens (primary N) is 1. The van der Waals surface area contributed by atoms with Crippen LogP contribution >= 0.6 is 0 Å². The number of carbonyl (C=O) groups is 3. The predicted molar refractivity (Wildman–Crippen MR) is 60.8 cm³/mol. The lowest BCUT2D eigenvalue weighted by atomic mass is 10.1. The Morgan fingerprint density at radius 2 is 1.95 bits per heavy atom. The van der Waals surface area contributed by atoms with E-state index in [1.165, 1.54) is 0 Å². The maximum Gasteiger partial charge on any atom is 0.335 e. The molecule has 0 unspecified atom stereocenters. The van der Waals surface area contributed by atoms with E-state index in [1.54, 1.807) is 0 Å². The second kappa shape index (κ2) is 4.05. The van der Waals surface area contributed by atoms with Crippen molar-refractivity contribution < 1.29 is 27.9 Å². The van der Waals surface area contributed by atoms with Crippen LogP contribution in [0.5, 0.6) is 0 Å². The third kappa shape index (κ3) is 1.93. The number of amides is 2. The van der Waals surface area contributed by atoms with E-state index in [1.807, 2.05) is 0 Å². The van der Waals surface area contributed by atoms with Crippen LogP contribution in [-0.4, -0.2) is 42.2 Å². The molecule has 0 bridgehead atoms. The zero-order valence-electron chi connectivity index (χ0n) is 9.36. The zero-order chi connectivity index (χ0) is 14.4. The third-order valence-electron chi connectivity index (χ3n) is 2.55. The van der Waals surface area contributed by atoms with Gasteiger partial charge in [-0.3, -0.25) is 9.59 Å². The first-order valence-electron chi connectivity index (χ1n) is 4.98. The Kier molecular flexibility index (Phi) is 2.78. The molecule has 1 aliphatic rings. The van der Waals surface area contributed by atoms with Gasteiger partial charge >= 0.3 is 5.97 Å². The van der Waals surface area contributed by atoms with Crippen LogP contribution in [0.3, 0.4) is 0 Å². The summed E-state index contributed by atoms with van der Waals surface area (Å²) in [5, 5.41) is 8.80. The fourth-order valence-corrected chi connectivity index (χ4v) is 3.27. The monoisotopic (exact) mass is 284 g/mol. The average Bonchev–Trinajstić information content (AvgIpc) is 2.50. The molecule has 0 saturated heterocycles. The summed E-state index contributed by atoms with van der Waals surface area (Å²) in [6.45, 7) is -0.780. The summed E-state index contributed by atoms with van der Waals surface area (Å²) in [4.78, 5) is 33.0. The van der Waals surface area contributed by atoms with Crippen molar-refractivity contribution in [2.45, 2.75) is 4.90 Å². The van der Waals surface area contributed by atoms with Crippen molar-refractivity contribution >= 4 is 27.8 Å². The first-order valence-corrected chi connectivity index (χ1v) is 6.42. The number of benzene rings is 1. The molecule has 1 heterocycles. The van der Waals surface area contributed by atoms with E-state index in [-0.39, 0.29) is 11.1 Å². The van der Waals surface area contributed by atoms with E-state index in [2.05, 4.69) is 0 Å². The summed E-state index contributed by atoms with van der Waals surface area (Å²) in [6, 6.07) is 3.09. The number of carboxylic acid groups (broad SMARTS) is 1. The number of nitrogens with zero attached hydrogens (tertiary/aromatic N) is 1. The molecule has 1 aliphatic heterocycles. The number of carbonyl (C=O) groups excluding carboxylic acids is 2. The number of carboxylic acids is 1. The maximum atomic E-state index is 12.0. The summed E-state index contributed by atoms with van der Waals surface area (Å²) in [6.07, 6.45) is 0. The lowest BCUT2D eigenvalue weighted by Gasteiger charge is -2.11. The van der Waals surface area contributed by atoms with E-state index in [0.717, 1.165) is 18.2 Å². The quantitative estimate of drug-likeness (QED) is 0.732. The molecule has 1 aromatic rings. The fraction of sp³-hybridized carbons (Fsp3) is 0.100. The Hall–Kier alpha value is -2.42. The minimum atomic E-state index is -4.23. The first kappa shape index (κ1) is 13.0. The van der Waals surface area contributed by atoms with Crippen LogP contribution in [0.2, 0.25) is 0 Å². The SMILES string of the molecule is NC(=O)CN1C(=O)c2ccc(C(=O)O)cc2S1(=O)=O. The molecule has 0 saturated carbocycles. The summed E-state index contributed by atoms with van der Waals surface area (Å²) in [7, 11) is -4.23. The molecule has 0 aromatic heterocycles. The number of primary amides is 1. The Morgan fingerprint density at radius 3 is 2.47 bits per heavy atom. The molecule has 0 atom stereocenters. The van der Waals surface area contributed by atoms with Crippen LogP contribution in [0.1, 0.15) is 20.7 Å². The van der Waals surface area contributed by atoms with Gasteiger partial charge in [0.15, 0.2) is 0 Å². The number of hydrogen-bond donors (Lipinski definition) is 2. The van der Waals surface area contributed by atoms with Gasteiger partial charge in [-0.15, -0.1) is 0 Å². The van der Waals surface area contributed by atoms with Gasteiger partial charge in [0.1, 0.15) is 11.4 Å². The first-order chi connectivity index (χ1) is 8.75. The minimum Gasteiger partial charge on any atom is -0.478 e. The molecular formula is C10H8N2O6S. The van der Waals surface area contributed by atoms with Gasteiger partial charge in [-0.05, 0) is 18.2 Å². The molecule has 19 heavy (non-hydrogen) atoms. The average molecular weight is 284 g/mol. The minimum absolute atomic E-state index is 0.175. The van der Waals surface area contributed by atoms with Crippen LogP contribution in [0.15, 0.2) is 23.1 Å². The Bertz CT molecular complexity index is 709. The lowest BCUT2D eigenvalue weighted by Crippen LogP contribution is -2.37. The molecule has 9 heteroatoms. The fourth-order valence-electron chi connectivity index (χ4n) is 1.71. The summed E-state index contributed by atoms with van der Waals surface area (Å²) < 4.78 is 24.3. The highest BCUT2D eigenvalue weighted by molar-refractivity contribution is 7.90. The highest BCUT2D eigenvalue weighted by atomic mass is 32.2. The Labute approximate surface area is 107 Å². The van der Waals surface area contributed by atoms with Crippen LogP contribution < -0.4 is 5.73 Å². The zero-order valence-corrected chi connectivity index (χ0v) is 10.2. The summed E-state index contributed by atoms with van der Waals surface area (Å²) in [5.41, 5.74) is 4.43. The van der Waals surface area contributed by atoms with Gasteiger partial charge in [0.25, 0.3) is 15.9 Å². The topological polar surface area (TPSA) is 135 Å². The van der Waals surface area contributed by atoms with Crippen molar-refractivity contribution in [3.8, 4) is 0 Å². The van der Waals surface area contributed by atoms with E-state index in [0.29, 0.717) is 4.31 Å². The summed E-state index contributed by atoms with van der Waals surface area (Å²) in [5.74, 6) is -3.20. The third-order valence-corrected chi connectivity index (χ3v) is 4.32. The van der Waals surface area contributed by atoms with Crippen LogP contribution in [-0.2, 0) is 14.8 Å². The highest BCUT2D eigenvalue weighted by Gasteiger charge is 2.42. The number of sulfonamides is 1. The molecule has 3 N–H and O–H groups in total. The lowest BCUT2D eigenvalue weighted by molar-refractivity contribution is -0.117. The number of fused-ring (bicyclic) bond motifs is 1. The van der Waals surface area contributed by atoms with Gasteiger partial charge in [0, 0.05) is 0 Å². The molecular weight excluding hydrogens is 276 g/mol. The van der Waals surface area contributed by atoms with Crippen LogP contribution in [0, 0.1) is 0 Å². The molecule has 8 nitrogen and oxygen atoms in total. The number of hydrogen-bond acceptors (Lipinski definition) is 5. The molecule has 0 spiro atoms. The Morgan fingerprint density at radius 1 is 1.32 bits per heavy atom. The maximum absolute atomic E-state index is 12.0. The van der Waals surface area contributed by atoms with Crippen molar-refractivity contribution in [3.63, 3.8) is 0 Å². The van der Waals surface area contributed by atoms with Gasteiger partial charge in [0.05, 0.1) is 11.1 Å². The second-order valence-electron chi connectivity index (χ2n) is 3.80. The molecule has 100 valence electrons. The predicted octanol–water partition coefficient (Wildman–Crippen LogP) is -0.985. The molecule has 0 fully saturated rings. The van der Waals surface area contributed by atoms with E-state index in [4.69, 9.17) is 10.8 Å². The molecule has 0 aliphatic carbocycles. The smallest absolute Gasteiger partial charge is 0.335 e. The van der Waals surface area contributed by atoms with Crippen molar-refractivity contribution in [1.82, 2.24) is 4.31 Å². The van der Waals surface area contributed by atoms with Gasteiger partial charge in [-0.2, -0.15) is 0 Å². The van der Waals surface area contributed by atoms with Crippen LogP contribution in [0.4, 0.5) is 0 Å². The van der Waals surface area contributed by atoms with E-state index in [9.17, 15) is 22.8 Å². The van der Waals surface area contributed by atoms with Crippen molar-refractivity contribution in [1.29, 1.82) is 0 Å². The van der Waals surface area contributed by atoms with E-state index < -0.39 is 39.2 Å². The largest absolute Gasteiger partial charge is 0.478 e. The van der Waals surface area contributed by atoms with Gasteiger partial charge in [0.2, 0.25) is 5.91 Å². The van der Waals surface area contributed by atoms with E-state index >= 15 is 0 Å². The van der Waals surface area contributed by atoms with Gasteiger partial charge in [-0.1, -0.05) is 0 Å². The standard InChI is InChI=1S/C10H8N2O6S/c11-8(13)4-12-9(14)6-2-1-5(10(15)16)3-7(6)19(12,17)18/h1-3H,4H2,(H2,11,13)(H,15,16). The molecule has 0 radical (unpaired) electrons.